The first-order valence-electron chi connectivity index (χ1n) is 9.12. The van der Waals surface area contributed by atoms with E-state index in [0.29, 0.717) is 29.9 Å². The molecule has 2 aromatic heterocycles. The number of carbonyl (C=O) groups excluding carboxylic acids is 1. The zero-order chi connectivity index (χ0) is 20.7. The number of nitrogens with one attached hydrogen (secondary N) is 1. The SMILES string of the molecule is O=C(Nc1nnc(-c2ccc3c(c2)OCO3)o1)[C@@H]1CCCN1S(=O)(=O)c1cccs1. The molecule has 30 heavy (non-hydrogen) atoms. The first-order chi connectivity index (χ1) is 14.5. The Kier molecular flexibility index (Phi) is 4.68. The summed E-state index contributed by atoms with van der Waals surface area (Å²) in [5.41, 5.74) is 0.606. The van der Waals surface area contributed by atoms with Gasteiger partial charge in [-0.15, -0.1) is 16.4 Å². The van der Waals surface area contributed by atoms with E-state index in [0.717, 1.165) is 11.3 Å². The number of hydrogen-bond acceptors (Lipinski definition) is 9. The van der Waals surface area contributed by atoms with Crippen LogP contribution >= 0.6 is 11.3 Å². The van der Waals surface area contributed by atoms with Gasteiger partial charge in [-0.2, -0.15) is 4.31 Å². The normalized spacial score (nSPS) is 18.6. The summed E-state index contributed by atoms with van der Waals surface area (Å²) in [6.45, 7) is 0.431. The Morgan fingerprint density at radius 1 is 1.20 bits per heavy atom. The topological polar surface area (TPSA) is 124 Å². The maximum atomic E-state index is 12.8. The first kappa shape index (κ1) is 19.0. The van der Waals surface area contributed by atoms with E-state index in [-0.39, 0.29) is 29.5 Å². The van der Waals surface area contributed by atoms with Crippen molar-refractivity contribution >= 4 is 33.3 Å². The van der Waals surface area contributed by atoms with Gasteiger partial charge in [-0.25, -0.2) is 8.42 Å². The molecule has 1 amide bonds. The lowest BCUT2D eigenvalue weighted by Gasteiger charge is -2.21. The van der Waals surface area contributed by atoms with Crippen LogP contribution in [-0.4, -0.2) is 48.2 Å². The highest BCUT2D eigenvalue weighted by molar-refractivity contribution is 7.91. The minimum Gasteiger partial charge on any atom is -0.454 e. The molecule has 0 aliphatic carbocycles. The number of sulfonamides is 1. The van der Waals surface area contributed by atoms with Crippen LogP contribution in [-0.2, 0) is 14.8 Å². The third-order valence-electron chi connectivity index (χ3n) is 4.84. The summed E-state index contributed by atoms with van der Waals surface area (Å²) in [6.07, 6.45) is 1.01. The smallest absolute Gasteiger partial charge is 0.322 e. The molecule has 0 saturated carbocycles. The molecular weight excluding hydrogens is 432 g/mol. The Morgan fingerprint density at radius 3 is 2.90 bits per heavy atom. The van der Waals surface area contributed by atoms with Gasteiger partial charge in [0.2, 0.25) is 18.6 Å². The van der Waals surface area contributed by atoms with Gasteiger partial charge in [0.25, 0.3) is 10.0 Å². The summed E-state index contributed by atoms with van der Waals surface area (Å²) < 4.78 is 43.2. The standard InChI is InChI=1S/C18H16N4O6S2/c23-16(12-3-1-7-22(12)30(24,25)15-4-2-8-29-15)19-18-21-20-17(28-18)11-5-6-13-14(9-11)27-10-26-13/h2,4-6,8-9,12H,1,3,7,10H2,(H,19,21,23)/t12-/m0/s1. The predicted molar refractivity (Wildman–Crippen MR) is 106 cm³/mol. The number of nitrogens with zero attached hydrogens (tertiary/aromatic N) is 3. The number of ether oxygens (including phenoxy) is 2. The van der Waals surface area contributed by atoms with E-state index in [1.165, 1.54) is 10.4 Å². The summed E-state index contributed by atoms with van der Waals surface area (Å²) in [4.78, 5) is 12.8. The molecule has 1 N–H and O–H groups in total. The Morgan fingerprint density at radius 2 is 2.07 bits per heavy atom. The lowest BCUT2D eigenvalue weighted by Crippen LogP contribution is -2.42. The second kappa shape index (κ2) is 7.38. The van der Waals surface area contributed by atoms with Gasteiger partial charge < -0.3 is 13.9 Å². The molecule has 1 saturated heterocycles. The summed E-state index contributed by atoms with van der Waals surface area (Å²) in [7, 11) is -3.73. The molecule has 0 bridgehead atoms. The van der Waals surface area contributed by atoms with Gasteiger partial charge in [-0.3, -0.25) is 10.1 Å². The highest BCUT2D eigenvalue weighted by atomic mass is 32.2. The average Bonchev–Trinajstić information content (AvgIpc) is 3.54. The predicted octanol–water partition coefficient (Wildman–Crippen LogP) is 2.32. The van der Waals surface area contributed by atoms with E-state index in [1.807, 2.05) is 0 Å². The van der Waals surface area contributed by atoms with Crippen LogP contribution in [0.4, 0.5) is 6.01 Å². The number of hydrogen-bond donors (Lipinski definition) is 1. The molecule has 5 rings (SSSR count). The van der Waals surface area contributed by atoms with Gasteiger partial charge in [0.1, 0.15) is 10.3 Å². The van der Waals surface area contributed by atoms with Crippen molar-refractivity contribution in [3.63, 3.8) is 0 Å². The monoisotopic (exact) mass is 448 g/mol. The second-order valence-corrected chi connectivity index (χ2v) is 9.74. The van der Waals surface area contributed by atoms with Crippen molar-refractivity contribution in [1.29, 1.82) is 0 Å². The van der Waals surface area contributed by atoms with E-state index in [4.69, 9.17) is 13.9 Å². The van der Waals surface area contributed by atoms with Crippen LogP contribution in [0.15, 0.2) is 44.3 Å². The third-order valence-corrected chi connectivity index (χ3v) is 8.12. The lowest BCUT2D eigenvalue weighted by atomic mass is 10.2. The van der Waals surface area contributed by atoms with Crippen molar-refractivity contribution in [2.24, 2.45) is 0 Å². The van der Waals surface area contributed by atoms with Crippen molar-refractivity contribution in [1.82, 2.24) is 14.5 Å². The number of fused-ring (bicyclic) bond motifs is 1. The van der Waals surface area contributed by atoms with E-state index < -0.39 is 22.0 Å². The molecule has 1 atom stereocenters. The van der Waals surface area contributed by atoms with Crippen LogP contribution < -0.4 is 14.8 Å². The van der Waals surface area contributed by atoms with Crippen LogP contribution in [0.25, 0.3) is 11.5 Å². The molecule has 12 heteroatoms. The highest BCUT2D eigenvalue weighted by Crippen LogP contribution is 2.36. The zero-order valence-electron chi connectivity index (χ0n) is 15.5. The van der Waals surface area contributed by atoms with Gasteiger partial charge in [-0.1, -0.05) is 11.2 Å². The molecule has 0 radical (unpaired) electrons. The Balaban J connectivity index is 1.32. The molecule has 0 unspecified atom stereocenters. The largest absolute Gasteiger partial charge is 0.454 e. The molecule has 0 spiro atoms. The Bertz CT molecular complexity index is 1190. The molecular formula is C18H16N4O6S2. The molecule has 2 aliphatic rings. The zero-order valence-corrected chi connectivity index (χ0v) is 17.1. The molecule has 10 nitrogen and oxygen atoms in total. The second-order valence-electron chi connectivity index (χ2n) is 6.68. The third kappa shape index (κ3) is 3.32. The molecule has 2 aliphatic heterocycles. The quantitative estimate of drug-likeness (QED) is 0.631. The summed E-state index contributed by atoms with van der Waals surface area (Å²) >= 11 is 1.12. The fraction of sp³-hybridized carbons (Fsp3) is 0.278. The van der Waals surface area contributed by atoms with Crippen molar-refractivity contribution in [3.8, 4) is 23.0 Å². The van der Waals surface area contributed by atoms with Gasteiger partial charge >= 0.3 is 6.01 Å². The maximum absolute atomic E-state index is 12.8. The number of amides is 1. The Labute approximate surface area is 175 Å². The number of rotatable bonds is 5. The average molecular weight is 448 g/mol. The summed E-state index contributed by atoms with van der Waals surface area (Å²) in [6, 6.07) is 7.42. The molecule has 1 fully saturated rings. The van der Waals surface area contributed by atoms with Crippen molar-refractivity contribution < 1.29 is 27.1 Å². The fourth-order valence-corrected chi connectivity index (χ4v) is 6.20. The highest BCUT2D eigenvalue weighted by Gasteiger charge is 2.40. The fourth-order valence-electron chi connectivity index (χ4n) is 3.42. The van der Waals surface area contributed by atoms with E-state index in [2.05, 4.69) is 15.5 Å². The minimum absolute atomic E-state index is 0.104. The first-order valence-corrected chi connectivity index (χ1v) is 11.4. The van der Waals surface area contributed by atoms with Crippen LogP contribution in [0.1, 0.15) is 12.8 Å². The summed E-state index contributed by atoms with van der Waals surface area (Å²) in [5.74, 6) is 0.878. The number of aromatic nitrogens is 2. The van der Waals surface area contributed by atoms with Crippen molar-refractivity contribution in [2.75, 3.05) is 18.7 Å². The van der Waals surface area contributed by atoms with Crippen LogP contribution in [0, 0.1) is 0 Å². The number of benzene rings is 1. The molecule has 156 valence electrons. The van der Waals surface area contributed by atoms with Crippen LogP contribution in [0.3, 0.4) is 0 Å². The van der Waals surface area contributed by atoms with Gasteiger partial charge in [0, 0.05) is 12.1 Å². The van der Waals surface area contributed by atoms with Crippen molar-refractivity contribution in [3.05, 3.63) is 35.7 Å². The van der Waals surface area contributed by atoms with Gasteiger partial charge in [0.05, 0.1) is 0 Å². The molecule has 4 heterocycles. The molecule has 1 aromatic carbocycles. The van der Waals surface area contributed by atoms with E-state index >= 15 is 0 Å². The van der Waals surface area contributed by atoms with Gasteiger partial charge in [-0.05, 0) is 42.5 Å². The van der Waals surface area contributed by atoms with E-state index in [1.54, 1.807) is 29.6 Å². The number of thiophene rings is 1. The molecule has 3 aromatic rings. The van der Waals surface area contributed by atoms with Crippen LogP contribution in [0.2, 0.25) is 0 Å². The number of carbonyl (C=O) groups is 1. The Hall–Kier alpha value is -2.96. The van der Waals surface area contributed by atoms with Gasteiger partial charge in [0.15, 0.2) is 11.5 Å². The minimum atomic E-state index is -3.73. The lowest BCUT2D eigenvalue weighted by molar-refractivity contribution is -0.119. The maximum Gasteiger partial charge on any atom is 0.322 e. The van der Waals surface area contributed by atoms with Crippen LogP contribution in [0.5, 0.6) is 11.5 Å². The number of anilines is 1. The van der Waals surface area contributed by atoms with E-state index in [9.17, 15) is 13.2 Å². The van der Waals surface area contributed by atoms with Crippen molar-refractivity contribution in [2.45, 2.75) is 23.1 Å². The summed E-state index contributed by atoms with van der Waals surface area (Å²) in [5, 5.41) is 12.0.